The lowest BCUT2D eigenvalue weighted by Crippen LogP contribution is -2.00. The van der Waals surface area contributed by atoms with Gasteiger partial charge in [-0.25, -0.2) is 4.68 Å². The van der Waals surface area contributed by atoms with Gasteiger partial charge >= 0.3 is 5.97 Å². The van der Waals surface area contributed by atoms with Crippen LogP contribution in [0.1, 0.15) is 5.56 Å². The molecule has 6 nitrogen and oxygen atoms in total. The zero-order chi connectivity index (χ0) is 17.8. The SMILES string of the molecule is COc1ccc(-c2nn(-c3ccccc3)cc2CC(=O)O)cc1OC. The minimum Gasteiger partial charge on any atom is -0.493 e. The number of methoxy groups -OCH3 is 2. The Hall–Kier alpha value is -3.28. The molecule has 1 N–H and O–H groups in total. The number of carbonyl (C=O) groups is 1. The number of hydrogen-bond donors (Lipinski definition) is 1. The molecule has 0 amide bonds. The van der Waals surface area contributed by atoms with Crippen molar-refractivity contribution in [3.05, 3.63) is 60.3 Å². The molecule has 6 heteroatoms. The van der Waals surface area contributed by atoms with Crippen molar-refractivity contribution in [3.63, 3.8) is 0 Å². The Morgan fingerprint density at radius 2 is 1.80 bits per heavy atom. The molecule has 3 rings (SSSR count). The number of rotatable bonds is 6. The molecule has 1 aromatic heterocycles. The third-order valence-electron chi connectivity index (χ3n) is 3.81. The van der Waals surface area contributed by atoms with Crippen molar-refractivity contribution in [2.45, 2.75) is 6.42 Å². The molecule has 0 saturated carbocycles. The zero-order valence-electron chi connectivity index (χ0n) is 14.0. The molecule has 2 aromatic carbocycles. The van der Waals surface area contributed by atoms with E-state index < -0.39 is 5.97 Å². The van der Waals surface area contributed by atoms with Gasteiger partial charge in [-0.05, 0) is 30.3 Å². The molecule has 0 unspecified atom stereocenters. The quantitative estimate of drug-likeness (QED) is 0.747. The molecule has 0 aliphatic carbocycles. The molecule has 1 heterocycles. The highest BCUT2D eigenvalue weighted by Crippen LogP contribution is 2.33. The summed E-state index contributed by atoms with van der Waals surface area (Å²) >= 11 is 0. The lowest BCUT2D eigenvalue weighted by molar-refractivity contribution is -0.136. The first kappa shape index (κ1) is 16.6. The third kappa shape index (κ3) is 3.47. The van der Waals surface area contributed by atoms with E-state index in [1.165, 1.54) is 0 Å². The van der Waals surface area contributed by atoms with Gasteiger partial charge in [-0.15, -0.1) is 0 Å². The molecule has 128 valence electrons. The van der Waals surface area contributed by atoms with Crippen molar-refractivity contribution in [3.8, 4) is 28.4 Å². The average Bonchev–Trinajstić information content (AvgIpc) is 3.05. The fourth-order valence-corrected chi connectivity index (χ4v) is 2.64. The van der Waals surface area contributed by atoms with E-state index >= 15 is 0 Å². The third-order valence-corrected chi connectivity index (χ3v) is 3.81. The van der Waals surface area contributed by atoms with Crippen LogP contribution >= 0.6 is 0 Å². The maximum atomic E-state index is 11.2. The summed E-state index contributed by atoms with van der Waals surface area (Å²) in [4.78, 5) is 11.2. The largest absolute Gasteiger partial charge is 0.493 e. The minimum atomic E-state index is -0.908. The van der Waals surface area contributed by atoms with E-state index in [0.29, 0.717) is 22.8 Å². The molecule has 0 aliphatic rings. The summed E-state index contributed by atoms with van der Waals surface area (Å²) in [6.45, 7) is 0. The number of benzene rings is 2. The first-order valence-electron chi connectivity index (χ1n) is 7.70. The molecule has 0 fully saturated rings. The number of aromatic nitrogens is 2. The van der Waals surface area contributed by atoms with E-state index in [2.05, 4.69) is 5.10 Å². The van der Waals surface area contributed by atoms with Crippen molar-refractivity contribution in [1.29, 1.82) is 0 Å². The van der Waals surface area contributed by atoms with Gasteiger partial charge < -0.3 is 14.6 Å². The van der Waals surface area contributed by atoms with Crippen LogP contribution in [0.4, 0.5) is 0 Å². The summed E-state index contributed by atoms with van der Waals surface area (Å²) in [5.74, 6) is 0.262. The molecule has 25 heavy (non-hydrogen) atoms. The number of ether oxygens (including phenoxy) is 2. The Bertz CT molecular complexity index is 888. The average molecular weight is 338 g/mol. The van der Waals surface area contributed by atoms with Gasteiger partial charge in [0.1, 0.15) is 0 Å². The number of aliphatic carboxylic acids is 1. The van der Waals surface area contributed by atoms with E-state index in [1.807, 2.05) is 36.4 Å². The van der Waals surface area contributed by atoms with Gasteiger partial charge in [-0.2, -0.15) is 5.10 Å². The van der Waals surface area contributed by atoms with Crippen LogP contribution in [0.3, 0.4) is 0 Å². The Morgan fingerprint density at radius 3 is 2.44 bits per heavy atom. The van der Waals surface area contributed by atoms with Crippen molar-refractivity contribution in [2.24, 2.45) is 0 Å². The van der Waals surface area contributed by atoms with E-state index in [4.69, 9.17) is 9.47 Å². The van der Waals surface area contributed by atoms with E-state index in [0.717, 1.165) is 11.3 Å². The smallest absolute Gasteiger partial charge is 0.307 e. The van der Waals surface area contributed by atoms with Crippen LogP contribution in [0.2, 0.25) is 0 Å². The van der Waals surface area contributed by atoms with Gasteiger partial charge in [0.2, 0.25) is 0 Å². The van der Waals surface area contributed by atoms with Crippen molar-refractivity contribution < 1.29 is 19.4 Å². The highest BCUT2D eigenvalue weighted by molar-refractivity contribution is 5.75. The molecule has 0 radical (unpaired) electrons. The van der Waals surface area contributed by atoms with Crippen LogP contribution in [0, 0.1) is 0 Å². The normalized spacial score (nSPS) is 10.5. The Kier molecular flexibility index (Phi) is 4.70. The van der Waals surface area contributed by atoms with Gasteiger partial charge in [0, 0.05) is 17.3 Å². The number of nitrogens with zero attached hydrogens (tertiary/aromatic N) is 2. The van der Waals surface area contributed by atoms with Crippen LogP contribution in [0.5, 0.6) is 11.5 Å². The lowest BCUT2D eigenvalue weighted by Gasteiger charge is -2.09. The highest BCUT2D eigenvalue weighted by atomic mass is 16.5. The maximum Gasteiger partial charge on any atom is 0.307 e. The first-order valence-corrected chi connectivity index (χ1v) is 7.70. The van der Waals surface area contributed by atoms with Gasteiger partial charge in [-0.3, -0.25) is 4.79 Å². The molecule has 0 spiro atoms. The van der Waals surface area contributed by atoms with Crippen LogP contribution < -0.4 is 9.47 Å². The summed E-state index contributed by atoms with van der Waals surface area (Å²) in [6.07, 6.45) is 1.63. The Balaban J connectivity index is 2.11. The molecule has 0 aliphatic heterocycles. The van der Waals surface area contributed by atoms with E-state index in [-0.39, 0.29) is 6.42 Å². The number of carboxylic acid groups (broad SMARTS) is 1. The van der Waals surface area contributed by atoms with Gasteiger partial charge in [-0.1, -0.05) is 18.2 Å². The van der Waals surface area contributed by atoms with Gasteiger partial charge in [0.15, 0.2) is 11.5 Å². The lowest BCUT2D eigenvalue weighted by atomic mass is 10.1. The summed E-state index contributed by atoms with van der Waals surface area (Å²) < 4.78 is 12.3. The fourth-order valence-electron chi connectivity index (χ4n) is 2.64. The topological polar surface area (TPSA) is 73.6 Å². The second kappa shape index (κ2) is 7.09. The summed E-state index contributed by atoms with van der Waals surface area (Å²) in [5.41, 5.74) is 2.86. The molecule has 0 atom stereocenters. The Labute approximate surface area is 145 Å². The zero-order valence-corrected chi connectivity index (χ0v) is 14.0. The molecular weight excluding hydrogens is 320 g/mol. The predicted molar refractivity (Wildman–Crippen MR) is 93.4 cm³/mol. The highest BCUT2D eigenvalue weighted by Gasteiger charge is 2.16. The van der Waals surface area contributed by atoms with Gasteiger partial charge in [0.25, 0.3) is 0 Å². The maximum absolute atomic E-state index is 11.2. The summed E-state index contributed by atoms with van der Waals surface area (Å²) in [6, 6.07) is 15.0. The predicted octanol–water partition coefficient (Wildman–Crippen LogP) is 3.18. The first-order chi connectivity index (χ1) is 12.1. The molecular formula is C19H18N2O4. The van der Waals surface area contributed by atoms with Crippen LogP contribution in [0.25, 0.3) is 16.9 Å². The number of hydrogen-bond acceptors (Lipinski definition) is 4. The number of carboxylic acids is 1. The van der Waals surface area contributed by atoms with E-state index in [1.54, 1.807) is 37.2 Å². The fraction of sp³-hybridized carbons (Fsp3) is 0.158. The second-order valence-electron chi connectivity index (χ2n) is 5.42. The van der Waals surface area contributed by atoms with Crippen molar-refractivity contribution in [2.75, 3.05) is 14.2 Å². The second-order valence-corrected chi connectivity index (χ2v) is 5.42. The van der Waals surface area contributed by atoms with E-state index in [9.17, 15) is 9.90 Å². The molecule has 0 bridgehead atoms. The minimum absolute atomic E-state index is 0.115. The summed E-state index contributed by atoms with van der Waals surface area (Å²) in [7, 11) is 3.12. The van der Waals surface area contributed by atoms with Crippen molar-refractivity contribution in [1.82, 2.24) is 9.78 Å². The summed E-state index contributed by atoms with van der Waals surface area (Å²) in [5, 5.41) is 13.8. The standard InChI is InChI=1S/C19H18N2O4/c1-24-16-9-8-13(10-17(16)25-2)19-14(11-18(22)23)12-21(20-19)15-6-4-3-5-7-15/h3-10,12H,11H2,1-2H3,(H,22,23). The van der Waals surface area contributed by atoms with Crippen LogP contribution in [-0.2, 0) is 11.2 Å². The molecule has 0 saturated heterocycles. The van der Waals surface area contributed by atoms with Crippen LogP contribution in [0.15, 0.2) is 54.7 Å². The van der Waals surface area contributed by atoms with Crippen LogP contribution in [-0.4, -0.2) is 35.1 Å². The monoisotopic (exact) mass is 338 g/mol. The van der Waals surface area contributed by atoms with Gasteiger partial charge in [0.05, 0.1) is 32.0 Å². The number of para-hydroxylation sites is 1. The molecule has 3 aromatic rings. The Morgan fingerprint density at radius 1 is 1.08 bits per heavy atom. The van der Waals surface area contributed by atoms with Crippen molar-refractivity contribution >= 4 is 5.97 Å².